The van der Waals surface area contributed by atoms with E-state index in [1.54, 1.807) is 0 Å². The van der Waals surface area contributed by atoms with Crippen LogP contribution >= 0.6 is 0 Å². The van der Waals surface area contributed by atoms with Gasteiger partial charge in [0.2, 0.25) is 0 Å². The van der Waals surface area contributed by atoms with Gasteiger partial charge in [-0.1, -0.05) is 6.58 Å². The monoisotopic (exact) mass is 306 g/mol. The molecule has 0 saturated heterocycles. The van der Waals surface area contributed by atoms with Crippen LogP contribution in [0.3, 0.4) is 0 Å². The van der Waals surface area contributed by atoms with Crippen molar-refractivity contribution in [3.63, 3.8) is 0 Å². The van der Waals surface area contributed by atoms with Crippen LogP contribution in [0, 0.1) is 0 Å². The Kier molecular flexibility index (Phi) is 11.0. The maximum Gasteiger partial charge on any atom is 1.00 e. The fourth-order valence-electron chi connectivity index (χ4n) is 0.669. The summed E-state index contributed by atoms with van der Waals surface area (Å²) in [7, 11) is -4.15. The van der Waals surface area contributed by atoms with E-state index >= 15 is 0 Å². The van der Waals surface area contributed by atoms with Gasteiger partial charge in [-0.3, -0.25) is 0 Å². The van der Waals surface area contributed by atoms with Crippen molar-refractivity contribution in [1.29, 1.82) is 0 Å². The number of hydrogen-bond acceptors (Lipinski definition) is 5. The Balaban J connectivity index is 0. The first-order chi connectivity index (χ1) is 6.33. The third-order valence-electron chi connectivity index (χ3n) is 1.37. The summed E-state index contributed by atoms with van der Waals surface area (Å²) in [6, 6.07) is 0. The average Bonchev–Trinajstić information content (AvgIpc) is 2.01. The molecule has 0 aliphatic rings. The van der Waals surface area contributed by atoms with Crippen LogP contribution in [0.4, 0.5) is 0 Å². The molecule has 7 heteroatoms. The fraction of sp³-hybridized carbons (Fsp3) is 0.625. The van der Waals surface area contributed by atoms with Gasteiger partial charge in [0.25, 0.3) is 0 Å². The molecule has 0 rings (SSSR count). The van der Waals surface area contributed by atoms with E-state index in [9.17, 15) is 17.8 Å². The molecule has 15 heavy (non-hydrogen) atoms. The zero-order chi connectivity index (χ0) is 11.2. The molecule has 0 amide bonds. The summed E-state index contributed by atoms with van der Waals surface area (Å²) >= 11 is 0. The molecule has 0 bridgehead atoms. The molecule has 0 saturated carbocycles. The topological polar surface area (TPSA) is 83.5 Å². The first kappa shape index (κ1) is 18.3. The molecule has 0 spiro atoms. The summed E-state index contributed by atoms with van der Waals surface area (Å²) in [5, 5.41) is 0. The smallest absolute Gasteiger partial charge is 0.748 e. The first-order valence-corrected chi connectivity index (χ1v) is 5.67. The van der Waals surface area contributed by atoms with E-state index in [0.717, 1.165) is 0 Å². The summed E-state index contributed by atoms with van der Waals surface area (Å²) in [5.74, 6) is -0.924. The van der Waals surface area contributed by atoms with Crippen molar-refractivity contribution in [2.24, 2.45) is 0 Å². The molecule has 5 nitrogen and oxygen atoms in total. The molecule has 0 aromatic rings. The predicted molar refractivity (Wildman–Crippen MR) is 49.6 cm³/mol. The quantitative estimate of drug-likeness (QED) is 0.233. The Bertz CT molecular complexity index is 309. The standard InChI is InChI=1S/C8H14O5S.Rb/c1-7(2)8(9)13-5-3-4-6-14(10,11)12;/h1,3-6H2,2H3,(H,10,11,12);/q;+1/p-1. The van der Waals surface area contributed by atoms with E-state index in [0.29, 0.717) is 12.0 Å². The number of unbranched alkanes of at least 4 members (excludes halogenated alkanes) is 1. The number of ether oxygens (including phenoxy) is 1. The van der Waals surface area contributed by atoms with Gasteiger partial charge in [-0.2, -0.15) is 0 Å². The SMILES string of the molecule is C=C(C)C(=O)OCCCCS(=O)(=O)[O-].[Rb+]. The van der Waals surface area contributed by atoms with Crippen LogP contribution in [0.15, 0.2) is 12.2 Å². The van der Waals surface area contributed by atoms with E-state index in [1.165, 1.54) is 6.92 Å². The van der Waals surface area contributed by atoms with Crippen molar-refractivity contribution < 1.29 is 80.7 Å². The summed E-state index contributed by atoms with van der Waals surface area (Å²) < 4.78 is 35.2. The molecular formula is C8H13O5RbS. The van der Waals surface area contributed by atoms with Crippen LogP contribution in [-0.2, 0) is 19.6 Å². The second kappa shape index (κ2) is 9.01. The van der Waals surface area contributed by atoms with Crippen molar-refractivity contribution in [2.75, 3.05) is 12.4 Å². The maximum absolute atomic E-state index is 10.8. The Morgan fingerprint density at radius 3 is 2.33 bits per heavy atom. The van der Waals surface area contributed by atoms with Crippen LogP contribution in [0.25, 0.3) is 0 Å². The number of hydrogen-bond donors (Lipinski definition) is 0. The van der Waals surface area contributed by atoms with Gasteiger partial charge >= 0.3 is 64.2 Å². The van der Waals surface area contributed by atoms with Gasteiger partial charge in [-0.15, -0.1) is 0 Å². The summed E-state index contributed by atoms with van der Waals surface area (Å²) in [6.45, 7) is 5.00. The summed E-state index contributed by atoms with van der Waals surface area (Å²) in [4.78, 5) is 10.8. The van der Waals surface area contributed by atoms with Crippen molar-refractivity contribution >= 4 is 16.1 Å². The second-order valence-electron chi connectivity index (χ2n) is 2.89. The number of rotatable bonds is 6. The molecule has 82 valence electrons. The van der Waals surface area contributed by atoms with Gasteiger partial charge in [-0.05, 0) is 19.8 Å². The number of carbonyl (C=O) groups excluding carboxylic acids is 1. The Morgan fingerprint density at radius 2 is 1.93 bits per heavy atom. The third-order valence-corrected chi connectivity index (χ3v) is 2.16. The predicted octanol–water partition coefficient (Wildman–Crippen LogP) is -2.56. The van der Waals surface area contributed by atoms with Crippen LogP contribution in [0.1, 0.15) is 19.8 Å². The second-order valence-corrected chi connectivity index (χ2v) is 4.41. The molecule has 0 heterocycles. The number of esters is 1. The Morgan fingerprint density at radius 1 is 1.40 bits per heavy atom. The van der Waals surface area contributed by atoms with Gasteiger partial charge in [-0.25, -0.2) is 13.2 Å². The Labute approximate surface area is 139 Å². The molecule has 0 aliphatic heterocycles. The maximum atomic E-state index is 10.8. The molecule has 0 atom stereocenters. The van der Waals surface area contributed by atoms with Crippen molar-refractivity contribution in [2.45, 2.75) is 19.8 Å². The molecule has 0 N–H and O–H groups in total. The zero-order valence-electron chi connectivity index (χ0n) is 8.99. The van der Waals surface area contributed by atoms with Crippen molar-refractivity contribution in [1.82, 2.24) is 0 Å². The molecule has 0 unspecified atom stereocenters. The van der Waals surface area contributed by atoms with Crippen LogP contribution in [0.2, 0.25) is 0 Å². The van der Waals surface area contributed by atoms with Crippen LogP contribution < -0.4 is 58.2 Å². The largest absolute Gasteiger partial charge is 1.00 e. The Hall–Kier alpha value is 0.925. The van der Waals surface area contributed by atoms with E-state index in [1.807, 2.05) is 0 Å². The van der Waals surface area contributed by atoms with Crippen LogP contribution in [-0.4, -0.2) is 31.3 Å². The molecule has 0 aliphatic carbocycles. The summed E-state index contributed by atoms with van der Waals surface area (Å²) in [6.07, 6.45) is 0.565. The van der Waals surface area contributed by atoms with E-state index in [4.69, 9.17) is 0 Å². The van der Waals surface area contributed by atoms with Gasteiger partial charge in [0, 0.05) is 11.3 Å². The minimum atomic E-state index is -4.15. The van der Waals surface area contributed by atoms with Gasteiger partial charge in [0.15, 0.2) is 0 Å². The van der Waals surface area contributed by atoms with Gasteiger partial charge in [0.1, 0.15) is 0 Å². The molecule has 0 aromatic carbocycles. The molecule has 0 aromatic heterocycles. The van der Waals surface area contributed by atoms with Gasteiger partial charge < -0.3 is 9.29 Å². The molecule has 0 radical (unpaired) electrons. The normalized spacial score (nSPS) is 10.3. The van der Waals surface area contributed by atoms with Crippen LogP contribution in [0.5, 0.6) is 0 Å². The fourth-order valence-corrected chi connectivity index (χ4v) is 1.23. The first-order valence-electron chi connectivity index (χ1n) is 4.09. The van der Waals surface area contributed by atoms with Crippen molar-refractivity contribution in [3.8, 4) is 0 Å². The average molecular weight is 307 g/mol. The van der Waals surface area contributed by atoms with Gasteiger partial charge in [0.05, 0.1) is 16.7 Å². The van der Waals surface area contributed by atoms with E-state index in [-0.39, 0.29) is 71.2 Å². The zero-order valence-corrected chi connectivity index (χ0v) is 14.7. The molecular weight excluding hydrogens is 294 g/mol. The van der Waals surface area contributed by atoms with E-state index in [2.05, 4.69) is 11.3 Å². The molecule has 0 fully saturated rings. The number of carbonyl (C=O) groups is 1. The van der Waals surface area contributed by atoms with E-state index < -0.39 is 21.8 Å². The third kappa shape index (κ3) is 12.9. The minimum Gasteiger partial charge on any atom is -0.748 e. The minimum absolute atomic E-state index is 0. The summed E-state index contributed by atoms with van der Waals surface area (Å²) in [5.41, 5.74) is 0.293. The van der Waals surface area contributed by atoms with Crippen molar-refractivity contribution in [3.05, 3.63) is 12.2 Å².